The van der Waals surface area contributed by atoms with E-state index in [4.69, 9.17) is 15.6 Å². The van der Waals surface area contributed by atoms with Crippen molar-refractivity contribution in [3.8, 4) is 10.9 Å². The SMILES string of the molecule is Nc1cnc(Oc2ccc(CO)cc2)s1. The predicted octanol–water partition coefficient (Wildman–Crippen LogP) is 2.01. The Morgan fingerprint density at radius 2 is 2.07 bits per heavy atom. The van der Waals surface area contributed by atoms with Gasteiger partial charge in [0.05, 0.1) is 12.8 Å². The molecule has 2 rings (SSSR count). The number of nitrogen functional groups attached to an aromatic ring is 1. The molecule has 0 bridgehead atoms. The van der Waals surface area contributed by atoms with Gasteiger partial charge in [0.2, 0.25) is 0 Å². The van der Waals surface area contributed by atoms with Crippen molar-refractivity contribution in [2.75, 3.05) is 5.73 Å². The van der Waals surface area contributed by atoms with Crippen molar-refractivity contribution >= 4 is 16.3 Å². The molecule has 3 N–H and O–H groups in total. The molecule has 0 atom stereocenters. The maximum Gasteiger partial charge on any atom is 0.280 e. The van der Waals surface area contributed by atoms with Crippen molar-refractivity contribution in [2.24, 2.45) is 0 Å². The first kappa shape index (κ1) is 9.95. The number of hydrogen-bond donors (Lipinski definition) is 2. The maximum absolute atomic E-state index is 8.85. The number of hydrogen-bond acceptors (Lipinski definition) is 5. The van der Waals surface area contributed by atoms with E-state index in [1.807, 2.05) is 0 Å². The molecule has 1 heterocycles. The minimum atomic E-state index is 0.0322. The number of nitrogens with zero attached hydrogens (tertiary/aromatic N) is 1. The highest BCUT2D eigenvalue weighted by Gasteiger charge is 2.01. The Morgan fingerprint density at radius 1 is 1.33 bits per heavy atom. The van der Waals surface area contributed by atoms with Gasteiger partial charge in [0.1, 0.15) is 10.8 Å². The fourth-order valence-electron chi connectivity index (χ4n) is 1.08. The number of aliphatic hydroxyl groups excluding tert-OH is 1. The number of anilines is 1. The second kappa shape index (κ2) is 4.29. The Labute approximate surface area is 91.0 Å². The number of aliphatic hydroxyl groups is 1. The van der Waals surface area contributed by atoms with Crippen LogP contribution in [0.2, 0.25) is 0 Å². The highest BCUT2D eigenvalue weighted by molar-refractivity contribution is 7.17. The first-order valence-electron chi connectivity index (χ1n) is 4.37. The van der Waals surface area contributed by atoms with Crippen LogP contribution in [0.25, 0.3) is 0 Å². The minimum absolute atomic E-state index is 0.0322. The van der Waals surface area contributed by atoms with E-state index in [1.165, 1.54) is 11.3 Å². The molecule has 15 heavy (non-hydrogen) atoms. The second-order valence-corrected chi connectivity index (χ2v) is 3.96. The predicted molar refractivity (Wildman–Crippen MR) is 59.0 cm³/mol. The Hall–Kier alpha value is -1.59. The summed E-state index contributed by atoms with van der Waals surface area (Å²) in [5.41, 5.74) is 6.37. The largest absolute Gasteiger partial charge is 0.431 e. The minimum Gasteiger partial charge on any atom is -0.431 e. The molecule has 4 nitrogen and oxygen atoms in total. The number of nitrogens with two attached hydrogens (primary N) is 1. The van der Waals surface area contributed by atoms with Crippen molar-refractivity contribution in [3.05, 3.63) is 36.0 Å². The van der Waals surface area contributed by atoms with E-state index in [9.17, 15) is 0 Å². The number of thiazole rings is 1. The molecule has 0 spiro atoms. The summed E-state index contributed by atoms with van der Waals surface area (Å²) < 4.78 is 5.44. The van der Waals surface area contributed by atoms with Gasteiger partial charge < -0.3 is 15.6 Å². The maximum atomic E-state index is 8.85. The molecule has 0 saturated heterocycles. The Kier molecular flexibility index (Phi) is 2.84. The van der Waals surface area contributed by atoms with Crippen LogP contribution < -0.4 is 10.5 Å². The van der Waals surface area contributed by atoms with Crippen molar-refractivity contribution in [1.82, 2.24) is 4.98 Å². The quantitative estimate of drug-likeness (QED) is 0.833. The zero-order valence-corrected chi connectivity index (χ0v) is 8.70. The summed E-state index contributed by atoms with van der Waals surface area (Å²) in [5.74, 6) is 0.682. The molecule has 78 valence electrons. The van der Waals surface area contributed by atoms with E-state index in [1.54, 1.807) is 30.5 Å². The highest BCUT2D eigenvalue weighted by Crippen LogP contribution is 2.27. The van der Waals surface area contributed by atoms with Gasteiger partial charge >= 0.3 is 0 Å². The van der Waals surface area contributed by atoms with Crippen LogP contribution in [0.5, 0.6) is 10.9 Å². The first-order chi connectivity index (χ1) is 7.28. The Balaban J connectivity index is 2.11. The summed E-state index contributed by atoms with van der Waals surface area (Å²) in [7, 11) is 0. The standard InChI is InChI=1S/C10H10N2O2S/c11-9-5-12-10(15-9)14-8-3-1-7(6-13)2-4-8/h1-5,13H,6,11H2. The van der Waals surface area contributed by atoms with Gasteiger partial charge in [-0.15, -0.1) is 0 Å². The van der Waals surface area contributed by atoms with Crippen LogP contribution in [0.15, 0.2) is 30.5 Å². The van der Waals surface area contributed by atoms with Gasteiger partial charge in [0.15, 0.2) is 0 Å². The lowest BCUT2D eigenvalue weighted by Gasteiger charge is -2.01. The summed E-state index contributed by atoms with van der Waals surface area (Å²) in [6, 6.07) is 7.16. The van der Waals surface area contributed by atoms with E-state index in [-0.39, 0.29) is 6.61 Å². The summed E-state index contributed by atoms with van der Waals surface area (Å²) in [6.45, 7) is 0.0322. The van der Waals surface area contributed by atoms with Crippen molar-refractivity contribution in [2.45, 2.75) is 6.61 Å². The van der Waals surface area contributed by atoms with Crippen LogP contribution in [0.4, 0.5) is 5.00 Å². The van der Waals surface area contributed by atoms with E-state index in [0.717, 1.165) is 5.56 Å². The molecular formula is C10H10N2O2S. The molecule has 0 radical (unpaired) electrons. The summed E-state index contributed by atoms with van der Waals surface area (Å²) >= 11 is 1.29. The molecule has 0 fully saturated rings. The number of rotatable bonds is 3. The van der Waals surface area contributed by atoms with E-state index in [0.29, 0.717) is 15.9 Å². The normalized spacial score (nSPS) is 10.2. The molecule has 0 aliphatic heterocycles. The van der Waals surface area contributed by atoms with Crippen LogP contribution in [-0.2, 0) is 6.61 Å². The fraction of sp³-hybridized carbons (Fsp3) is 0.100. The lowest BCUT2D eigenvalue weighted by atomic mass is 10.2. The summed E-state index contributed by atoms with van der Waals surface area (Å²) in [5, 5.41) is 9.99. The molecule has 0 amide bonds. The van der Waals surface area contributed by atoms with Crippen molar-refractivity contribution in [1.29, 1.82) is 0 Å². The van der Waals surface area contributed by atoms with E-state index < -0.39 is 0 Å². The molecule has 0 saturated carbocycles. The van der Waals surface area contributed by atoms with Gasteiger partial charge in [-0.25, -0.2) is 4.98 Å². The third kappa shape index (κ3) is 2.45. The van der Waals surface area contributed by atoms with Gasteiger partial charge in [-0.05, 0) is 17.7 Å². The summed E-state index contributed by atoms with van der Waals surface area (Å²) in [6.07, 6.45) is 1.56. The highest BCUT2D eigenvalue weighted by atomic mass is 32.1. The number of ether oxygens (including phenoxy) is 1. The van der Waals surface area contributed by atoms with Gasteiger partial charge in [-0.2, -0.15) is 0 Å². The third-order valence-electron chi connectivity index (χ3n) is 1.81. The molecule has 0 aliphatic carbocycles. The van der Waals surface area contributed by atoms with Gasteiger partial charge in [0.25, 0.3) is 5.19 Å². The molecule has 5 heteroatoms. The molecule has 2 aromatic rings. The first-order valence-corrected chi connectivity index (χ1v) is 5.18. The van der Waals surface area contributed by atoms with Crippen LogP contribution in [0.1, 0.15) is 5.56 Å². The molecule has 1 aromatic heterocycles. The van der Waals surface area contributed by atoms with Gasteiger partial charge in [-0.1, -0.05) is 23.5 Å². The van der Waals surface area contributed by atoms with Crippen LogP contribution in [-0.4, -0.2) is 10.1 Å². The monoisotopic (exact) mass is 222 g/mol. The Morgan fingerprint density at radius 3 is 2.60 bits per heavy atom. The molecule has 1 aromatic carbocycles. The van der Waals surface area contributed by atoms with Crippen molar-refractivity contribution < 1.29 is 9.84 Å². The molecule has 0 unspecified atom stereocenters. The van der Waals surface area contributed by atoms with Crippen LogP contribution in [0.3, 0.4) is 0 Å². The third-order valence-corrected chi connectivity index (χ3v) is 2.52. The smallest absolute Gasteiger partial charge is 0.280 e. The average Bonchev–Trinajstić information content (AvgIpc) is 2.65. The lowest BCUT2D eigenvalue weighted by Crippen LogP contribution is -1.85. The molecular weight excluding hydrogens is 212 g/mol. The van der Waals surface area contributed by atoms with E-state index in [2.05, 4.69) is 4.98 Å². The average molecular weight is 222 g/mol. The molecule has 0 aliphatic rings. The van der Waals surface area contributed by atoms with E-state index >= 15 is 0 Å². The number of benzene rings is 1. The summed E-state index contributed by atoms with van der Waals surface area (Å²) in [4.78, 5) is 3.98. The second-order valence-electron chi connectivity index (χ2n) is 2.93. The van der Waals surface area contributed by atoms with Gasteiger partial charge in [-0.3, -0.25) is 0 Å². The van der Waals surface area contributed by atoms with Crippen molar-refractivity contribution in [3.63, 3.8) is 0 Å². The Bertz CT molecular complexity index is 439. The topological polar surface area (TPSA) is 68.4 Å². The lowest BCUT2D eigenvalue weighted by molar-refractivity contribution is 0.281. The van der Waals surface area contributed by atoms with Crippen LogP contribution >= 0.6 is 11.3 Å². The van der Waals surface area contributed by atoms with Crippen LogP contribution in [0, 0.1) is 0 Å². The zero-order chi connectivity index (χ0) is 10.7. The zero-order valence-electron chi connectivity index (χ0n) is 7.88. The van der Waals surface area contributed by atoms with Gasteiger partial charge in [0, 0.05) is 0 Å². The number of aromatic nitrogens is 1. The fourth-order valence-corrected chi connectivity index (χ4v) is 1.63.